The Labute approximate surface area is 394 Å². The molecule has 0 aromatic rings. The second-order valence-electron chi connectivity index (χ2n) is 17.0. The standard InChI is InChI=1S/C58H96O6/c1-4-7-10-13-16-19-22-25-27-29-31-33-36-39-42-45-48-51-57(60)63-54-55(53-62-56(59)50-47-44-41-38-35-32-24-21-18-15-12-9-6-3)64-58(61)52-49-46-43-40-37-34-30-28-26-23-20-17-14-11-8-5-2/h8,11,16-17,19-20,25-28,32,34-35,37,41,44,55H,4-7,9-10,12-15,18,21-24,29-31,33,36,38-40,42-43,45-54H2,1-3H3/b11-8+,19-16+,20-17+,27-25+,28-26+,35-32+,37-34+,44-41+. The van der Waals surface area contributed by atoms with Crippen LogP contribution < -0.4 is 0 Å². The van der Waals surface area contributed by atoms with Crippen molar-refractivity contribution in [1.29, 1.82) is 0 Å². The molecule has 6 nitrogen and oxygen atoms in total. The summed E-state index contributed by atoms with van der Waals surface area (Å²) >= 11 is 0. The Morgan fingerprint density at radius 3 is 1.09 bits per heavy atom. The predicted octanol–water partition coefficient (Wildman–Crippen LogP) is 17.4. The van der Waals surface area contributed by atoms with Gasteiger partial charge < -0.3 is 14.2 Å². The van der Waals surface area contributed by atoms with E-state index in [1.54, 1.807) is 0 Å². The van der Waals surface area contributed by atoms with Crippen LogP contribution >= 0.6 is 0 Å². The van der Waals surface area contributed by atoms with E-state index in [0.29, 0.717) is 19.3 Å². The number of esters is 3. The van der Waals surface area contributed by atoms with Crippen molar-refractivity contribution in [3.05, 3.63) is 97.2 Å². The second kappa shape index (κ2) is 52.0. The molecule has 0 saturated carbocycles. The molecule has 0 aliphatic carbocycles. The summed E-state index contributed by atoms with van der Waals surface area (Å²) in [7, 11) is 0. The molecular formula is C58H96O6. The summed E-state index contributed by atoms with van der Waals surface area (Å²) in [5, 5.41) is 0. The van der Waals surface area contributed by atoms with E-state index in [1.807, 2.05) is 6.08 Å². The van der Waals surface area contributed by atoms with Crippen LogP contribution in [0.1, 0.15) is 233 Å². The molecule has 1 unspecified atom stereocenters. The van der Waals surface area contributed by atoms with E-state index in [1.165, 1.54) is 89.9 Å². The van der Waals surface area contributed by atoms with Crippen molar-refractivity contribution >= 4 is 17.9 Å². The number of allylic oxidation sites excluding steroid dienone is 16. The highest BCUT2D eigenvalue weighted by Crippen LogP contribution is 2.13. The van der Waals surface area contributed by atoms with E-state index in [-0.39, 0.29) is 44.0 Å². The van der Waals surface area contributed by atoms with Crippen LogP contribution in [-0.2, 0) is 28.6 Å². The van der Waals surface area contributed by atoms with Crippen LogP contribution in [0.25, 0.3) is 0 Å². The first kappa shape index (κ1) is 60.3. The molecule has 0 fully saturated rings. The number of hydrogen-bond donors (Lipinski definition) is 0. The smallest absolute Gasteiger partial charge is 0.306 e. The minimum absolute atomic E-state index is 0.113. The van der Waals surface area contributed by atoms with Gasteiger partial charge in [0.05, 0.1) is 0 Å². The highest BCUT2D eigenvalue weighted by atomic mass is 16.6. The molecule has 64 heavy (non-hydrogen) atoms. The van der Waals surface area contributed by atoms with Gasteiger partial charge in [-0.15, -0.1) is 0 Å². The largest absolute Gasteiger partial charge is 0.462 e. The zero-order valence-corrected chi connectivity index (χ0v) is 41.5. The summed E-state index contributed by atoms with van der Waals surface area (Å²) in [6.45, 7) is 6.40. The fraction of sp³-hybridized carbons (Fsp3) is 0.672. The second-order valence-corrected chi connectivity index (χ2v) is 17.0. The predicted molar refractivity (Wildman–Crippen MR) is 274 cm³/mol. The fourth-order valence-corrected chi connectivity index (χ4v) is 6.87. The summed E-state index contributed by atoms with van der Waals surface area (Å²) < 4.78 is 16.7. The lowest BCUT2D eigenvalue weighted by Gasteiger charge is -2.18. The van der Waals surface area contributed by atoms with Gasteiger partial charge >= 0.3 is 17.9 Å². The van der Waals surface area contributed by atoms with Gasteiger partial charge in [0.2, 0.25) is 0 Å². The first-order valence-electron chi connectivity index (χ1n) is 26.2. The third-order valence-corrected chi connectivity index (χ3v) is 10.8. The molecule has 0 bridgehead atoms. The summed E-state index contributed by atoms with van der Waals surface area (Å²) in [5.41, 5.74) is 0. The highest BCUT2D eigenvalue weighted by molar-refractivity contribution is 5.71. The lowest BCUT2D eigenvalue weighted by atomic mass is 10.1. The Kier molecular flexibility index (Phi) is 49.0. The third-order valence-electron chi connectivity index (χ3n) is 10.8. The van der Waals surface area contributed by atoms with Gasteiger partial charge in [0.1, 0.15) is 13.2 Å². The van der Waals surface area contributed by atoms with E-state index < -0.39 is 6.10 Å². The van der Waals surface area contributed by atoms with E-state index in [2.05, 4.69) is 112 Å². The van der Waals surface area contributed by atoms with Crippen molar-refractivity contribution in [3.8, 4) is 0 Å². The van der Waals surface area contributed by atoms with Gasteiger partial charge in [-0.1, -0.05) is 201 Å². The van der Waals surface area contributed by atoms with Gasteiger partial charge in [-0.25, -0.2) is 0 Å². The van der Waals surface area contributed by atoms with Crippen LogP contribution in [0.5, 0.6) is 0 Å². The van der Waals surface area contributed by atoms with Crippen LogP contribution in [0.4, 0.5) is 0 Å². The third kappa shape index (κ3) is 49.3. The number of unbranched alkanes of at least 4 members (excludes halogenated alkanes) is 19. The van der Waals surface area contributed by atoms with E-state index in [4.69, 9.17) is 14.2 Å². The zero-order valence-electron chi connectivity index (χ0n) is 41.5. The molecule has 0 saturated heterocycles. The van der Waals surface area contributed by atoms with Crippen molar-refractivity contribution in [2.24, 2.45) is 0 Å². The monoisotopic (exact) mass is 889 g/mol. The Bertz CT molecular complexity index is 1300. The average molecular weight is 889 g/mol. The number of rotatable bonds is 46. The molecule has 0 amide bonds. The maximum Gasteiger partial charge on any atom is 0.306 e. The first-order valence-corrected chi connectivity index (χ1v) is 26.2. The summed E-state index contributed by atoms with van der Waals surface area (Å²) in [6.07, 6.45) is 68.3. The quantitative estimate of drug-likeness (QED) is 0.0262. The van der Waals surface area contributed by atoms with Gasteiger partial charge in [-0.05, 0) is 109 Å². The van der Waals surface area contributed by atoms with Gasteiger partial charge in [-0.3, -0.25) is 14.4 Å². The lowest BCUT2D eigenvalue weighted by Crippen LogP contribution is -2.30. The van der Waals surface area contributed by atoms with E-state index >= 15 is 0 Å². The molecule has 1 atom stereocenters. The topological polar surface area (TPSA) is 78.9 Å². The minimum atomic E-state index is -0.820. The van der Waals surface area contributed by atoms with E-state index in [0.717, 1.165) is 89.9 Å². The Morgan fingerprint density at radius 1 is 0.328 bits per heavy atom. The number of ether oxygens (including phenoxy) is 3. The number of carbonyl (C=O) groups is 3. The molecule has 0 spiro atoms. The minimum Gasteiger partial charge on any atom is -0.462 e. The summed E-state index contributed by atoms with van der Waals surface area (Å²) in [5.74, 6) is -1.03. The molecule has 6 heteroatoms. The van der Waals surface area contributed by atoms with Crippen molar-refractivity contribution in [3.63, 3.8) is 0 Å². The van der Waals surface area contributed by atoms with Gasteiger partial charge in [0.25, 0.3) is 0 Å². The molecule has 0 heterocycles. The van der Waals surface area contributed by atoms with Gasteiger partial charge in [-0.2, -0.15) is 0 Å². The van der Waals surface area contributed by atoms with Crippen LogP contribution in [0.15, 0.2) is 97.2 Å². The van der Waals surface area contributed by atoms with Crippen LogP contribution in [0.3, 0.4) is 0 Å². The SMILES string of the molecule is CC/C=C/C/C=C/C/C=C/C/C=C/CCCCCC(=O)OC(COC(=O)CC/C=C/C/C=C/CCCCCCCC)COC(=O)CCCCCCCCC/C=C/C/C=C/CCCCC. The van der Waals surface area contributed by atoms with Gasteiger partial charge in [0, 0.05) is 19.3 Å². The Balaban J connectivity index is 4.52. The zero-order chi connectivity index (χ0) is 46.5. The molecule has 0 aliphatic rings. The fourth-order valence-electron chi connectivity index (χ4n) is 6.87. The normalized spacial score (nSPS) is 12.9. The van der Waals surface area contributed by atoms with Crippen molar-refractivity contribution < 1.29 is 28.6 Å². The molecule has 0 N–H and O–H groups in total. The molecule has 0 radical (unpaired) electrons. The van der Waals surface area contributed by atoms with Crippen molar-refractivity contribution in [2.45, 2.75) is 239 Å². The van der Waals surface area contributed by atoms with Crippen molar-refractivity contribution in [2.75, 3.05) is 13.2 Å². The first-order chi connectivity index (χ1) is 31.5. The summed E-state index contributed by atoms with van der Waals surface area (Å²) in [4.78, 5) is 38.0. The highest BCUT2D eigenvalue weighted by Gasteiger charge is 2.19. The van der Waals surface area contributed by atoms with Crippen LogP contribution in [0.2, 0.25) is 0 Å². The maximum absolute atomic E-state index is 12.8. The molecule has 0 aliphatic heterocycles. The average Bonchev–Trinajstić information content (AvgIpc) is 3.29. The van der Waals surface area contributed by atoms with Crippen molar-refractivity contribution in [1.82, 2.24) is 0 Å². The van der Waals surface area contributed by atoms with Crippen LogP contribution in [0, 0.1) is 0 Å². The molecule has 364 valence electrons. The molecule has 0 aromatic heterocycles. The molecule has 0 aromatic carbocycles. The Hall–Kier alpha value is -3.67. The van der Waals surface area contributed by atoms with Crippen LogP contribution in [-0.4, -0.2) is 37.2 Å². The number of carbonyl (C=O) groups excluding carboxylic acids is 3. The number of hydrogen-bond acceptors (Lipinski definition) is 6. The summed E-state index contributed by atoms with van der Waals surface area (Å²) in [6, 6.07) is 0. The molecule has 0 rings (SSSR count). The Morgan fingerprint density at radius 2 is 0.641 bits per heavy atom. The van der Waals surface area contributed by atoms with E-state index in [9.17, 15) is 14.4 Å². The molecular weight excluding hydrogens is 793 g/mol. The van der Waals surface area contributed by atoms with Gasteiger partial charge in [0.15, 0.2) is 6.10 Å². The maximum atomic E-state index is 12.8. The lowest BCUT2D eigenvalue weighted by molar-refractivity contribution is -0.166.